The van der Waals surface area contributed by atoms with E-state index in [9.17, 15) is 12.8 Å². The lowest BCUT2D eigenvalue weighted by Crippen LogP contribution is -2.50. The molecule has 2 rings (SSSR count). The summed E-state index contributed by atoms with van der Waals surface area (Å²) in [7, 11) is -3.12. The van der Waals surface area contributed by atoms with Gasteiger partial charge in [-0.25, -0.2) is 17.1 Å². The van der Waals surface area contributed by atoms with Crippen LogP contribution in [0, 0.1) is 5.82 Å². The second-order valence-electron chi connectivity index (χ2n) is 6.67. The predicted octanol–water partition coefficient (Wildman–Crippen LogP) is 2.68. The van der Waals surface area contributed by atoms with Crippen molar-refractivity contribution in [2.45, 2.75) is 44.0 Å². The Kier molecular flexibility index (Phi) is 9.53. The van der Waals surface area contributed by atoms with Gasteiger partial charge in [0.15, 0.2) is 5.96 Å². The third-order valence-electron chi connectivity index (χ3n) is 4.45. The molecule has 0 unspecified atom stereocenters. The first-order valence-electron chi connectivity index (χ1n) is 9.86. The molecule has 0 bridgehead atoms. The molecule has 1 heterocycles. The summed E-state index contributed by atoms with van der Waals surface area (Å²) in [5, 5.41) is 6.63. The Hall–Kier alpha value is -1.32. The van der Waals surface area contributed by atoms with Crippen LogP contribution >= 0.6 is 11.8 Å². The zero-order valence-electron chi connectivity index (χ0n) is 16.7. The Balaban J connectivity index is 1.81. The normalized spacial score (nSPS) is 16.9. The fraction of sp³-hybridized carbons (Fsp3) is 0.632. The van der Waals surface area contributed by atoms with Crippen molar-refractivity contribution in [1.29, 1.82) is 0 Å². The highest BCUT2D eigenvalue weighted by molar-refractivity contribution is 7.99. The molecule has 1 saturated heterocycles. The summed E-state index contributed by atoms with van der Waals surface area (Å²) in [6.45, 7) is 6.29. The Bertz CT molecular complexity index is 735. The predicted molar refractivity (Wildman–Crippen MR) is 115 cm³/mol. The molecule has 0 atom stereocenters. The molecule has 158 valence electrons. The van der Waals surface area contributed by atoms with Crippen molar-refractivity contribution < 1.29 is 12.8 Å². The first-order valence-corrected chi connectivity index (χ1v) is 12.5. The van der Waals surface area contributed by atoms with Crippen LogP contribution in [-0.4, -0.2) is 62.4 Å². The Labute approximate surface area is 172 Å². The van der Waals surface area contributed by atoms with Crippen molar-refractivity contribution in [3.63, 3.8) is 0 Å². The molecule has 1 aliphatic rings. The number of rotatable bonds is 9. The second-order valence-corrected chi connectivity index (χ2v) is 9.90. The molecule has 1 aromatic rings. The maximum absolute atomic E-state index is 13.6. The van der Waals surface area contributed by atoms with Crippen molar-refractivity contribution >= 4 is 27.7 Å². The molecule has 0 spiro atoms. The number of benzene rings is 1. The van der Waals surface area contributed by atoms with E-state index in [0.717, 1.165) is 25.3 Å². The van der Waals surface area contributed by atoms with Gasteiger partial charge >= 0.3 is 0 Å². The summed E-state index contributed by atoms with van der Waals surface area (Å²) in [6, 6.07) is 6.94. The van der Waals surface area contributed by atoms with Crippen LogP contribution in [0.4, 0.5) is 4.39 Å². The van der Waals surface area contributed by atoms with E-state index in [-0.39, 0.29) is 17.6 Å². The van der Waals surface area contributed by atoms with E-state index in [1.807, 2.05) is 19.9 Å². The Morgan fingerprint density at radius 3 is 2.64 bits per heavy atom. The quantitative estimate of drug-likeness (QED) is 0.273. The van der Waals surface area contributed by atoms with Crippen molar-refractivity contribution in [3.8, 4) is 0 Å². The van der Waals surface area contributed by atoms with E-state index in [0.29, 0.717) is 36.7 Å². The summed E-state index contributed by atoms with van der Waals surface area (Å²) < 4.78 is 39.6. The average Bonchev–Trinajstić information content (AvgIpc) is 2.67. The lowest BCUT2D eigenvalue weighted by Gasteiger charge is -2.32. The highest BCUT2D eigenvalue weighted by atomic mass is 32.2. The van der Waals surface area contributed by atoms with E-state index in [1.54, 1.807) is 16.4 Å². The number of piperidine rings is 1. The molecule has 6 nitrogen and oxygen atoms in total. The first-order chi connectivity index (χ1) is 13.5. The number of thioether (sulfide) groups is 1. The monoisotopic (exact) mass is 430 g/mol. The topological polar surface area (TPSA) is 73.8 Å². The summed E-state index contributed by atoms with van der Waals surface area (Å²) in [4.78, 5) is 5.20. The Morgan fingerprint density at radius 1 is 1.29 bits per heavy atom. The fourth-order valence-corrected chi connectivity index (χ4v) is 5.38. The van der Waals surface area contributed by atoms with Crippen molar-refractivity contribution in [2.24, 2.45) is 4.99 Å². The van der Waals surface area contributed by atoms with Gasteiger partial charge in [0.25, 0.3) is 0 Å². The van der Waals surface area contributed by atoms with Crippen molar-refractivity contribution in [3.05, 3.63) is 30.1 Å². The maximum atomic E-state index is 13.6. The van der Waals surface area contributed by atoms with E-state index in [2.05, 4.69) is 15.6 Å². The van der Waals surface area contributed by atoms with Crippen LogP contribution in [0.5, 0.6) is 0 Å². The SMILES string of the molecule is CCCS(=O)(=O)N1CCC(NC(=NCCSc2ccccc2F)NCC)CC1. The van der Waals surface area contributed by atoms with E-state index < -0.39 is 10.0 Å². The third-order valence-corrected chi connectivity index (χ3v) is 7.55. The lowest BCUT2D eigenvalue weighted by atomic mass is 10.1. The number of sulfonamides is 1. The van der Waals surface area contributed by atoms with Crippen molar-refractivity contribution in [2.75, 3.05) is 37.7 Å². The van der Waals surface area contributed by atoms with Gasteiger partial charge in [-0.2, -0.15) is 0 Å². The van der Waals surface area contributed by atoms with Crippen LogP contribution in [0.1, 0.15) is 33.1 Å². The minimum atomic E-state index is -3.12. The van der Waals surface area contributed by atoms with Crippen LogP contribution in [0.2, 0.25) is 0 Å². The molecule has 9 heteroatoms. The van der Waals surface area contributed by atoms with Gasteiger partial charge in [-0.1, -0.05) is 19.1 Å². The largest absolute Gasteiger partial charge is 0.357 e. The highest BCUT2D eigenvalue weighted by Gasteiger charge is 2.27. The third kappa shape index (κ3) is 7.25. The first kappa shape index (κ1) is 23.0. The minimum absolute atomic E-state index is 0.199. The van der Waals surface area contributed by atoms with Crippen LogP contribution in [0.3, 0.4) is 0 Å². The van der Waals surface area contributed by atoms with Gasteiger partial charge in [0, 0.05) is 36.3 Å². The summed E-state index contributed by atoms with van der Waals surface area (Å²) in [5.74, 6) is 1.43. The van der Waals surface area contributed by atoms with Gasteiger partial charge in [-0.05, 0) is 38.3 Å². The van der Waals surface area contributed by atoms with Gasteiger partial charge in [0.05, 0.1) is 12.3 Å². The minimum Gasteiger partial charge on any atom is -0.357 e. The molecule has 2 N–H and O–H groups in total. The lowest BCUT2D eigenvalue weighted by molar-refractivity contribution is 0.306. The number of hydrogen-bond acceptors (Lipinski definition) is 4. The summed E-state index contributed by atoms with van der Waals surface area (Å²) >= 11 is 1.45. The molecule has 1 aliphatic heterocycles. The van der Waals surface area contributed by atoms with Gasteiger partial charge in [0.2, 0.25) is 10.0 Å². The van der Waals surface area contributed by atoms with Crippen LogP contribution in [0.15, 0.2) is 34.2 Å². The number of nitrogens with one attached hydrogen (secondary N) is 2. The number of aliphatic imine (C=N–C) groups is 1. The molecule has 0 amide bonds. The fourth-order valence-electron chi connectivity index (χ4n) is 3.05. The van der Waals surface area contributed by atoms with Crippen LogP contribution < -0.4 is 10.6 Å². The zero-order chi connectivity index (χ0) is 20.4. The molecule has 0 aromatic heterocycles. The van der Waals surface area contributed by atoms with Gasteiger partial charge in [0.1, 0.15) is 5.82 Å². The number of halogens is 1. The smallest absolute Gasteiger partial charge is 0.214 e. The molecule has 28 heavy (non-hydrogen) atoms. The summed E-state index contributed by atoms with van der Waals surface area (Å²) in [6.07, 6.45) is 2.16. The highest BCUT2D eigenvalue weighted by Crippen LogP contribution is 2.20. The number of guanidine groups is 1. The number of nitrogens with zero attached hydrogens (tertiary/aromatic N) is 2. The van der Waals surface area contributed by atoms with E-state index in [1.165, 1.54) is 17.8 Å². The van der Waals surface area contributed by atoms with E-state index >= 15 is 0 Å². The molecule has 1 fully saturated rings. The second kappa shape index (κ2) is 11.6. The molecular formula is C19H31FN4O2S2. The van der Waals surface area contributed by atoms with Gasteiger partial charge in [-0.15, -0.1) is 11.8 Å². The Morgan fingerprint density at radius 2 is 2.00 bits per heavy atom. The average molecular weight is 431 g/mol. The standard InChI is InChI=1S/C19H31FN4O2S2/c1-3-15-28(25,26)24-12-9-16(10-13-24)23-19(21-4-2)22-11-14-27-18-8-6-5-7-17(18)20/h5-8,16H,3-4,9-15H2,1-2H3,(H2,21,22,23). The molecule has 0 aliphatic carbocycles. The molecule has 0 radical (unpaired) electrons. The van der Waals surface area contributed by atoms with Gasteiger partial charge < -0.3 is 10.6 Å². The zero-order valence-corrected chi connectivity index (χ0v) is 18.3. The van der Waals surface area contributed by atoms with Crippen LogP contribution in [0.25, 0.3) is 0 Å². The molecular weight excluding hydrogens is 399 g/mol. The van der Waals surface area contributed by atoms with Crippen molar-refractivity contribution in [1.82, 2.24) is 14.9 Å². The molecule has 0 saturated carbocycles. The maximum Gasteiger partial charge on any atom is 0.214 e. The number of hydrogen-bond donors (Lipinski definition) is 2. The van der Waals surface area contributed by atoms with E-state index in [4.69, 9.17) is 0 Å². The van der Waals surface area contributed by atoms with Crippen LogP contribution in [-0.2, 0) is 10.0 Å². The molecule has 1 aromatic carbocycles. The van der Waals surface area contributed by atoms with Gasteiger partial charge in [-0.3, -0.25) is 4.99 Å². The summed E-state index contributed by atoms with van der Waals surface area (Å²) in [5.41, 5.74) is 0.